The molecule has 0 saturated carbocycles. The van der Waals surface area contributed by atoms with Gasteiger partial charge in [-0.25, -0.2) is 0 Å². The van der Waals surface area contributed by atoms with Crippen molar-refractivity contribution < 1.29 is 78.8 Å². The molecular formula is C15H29CsO2. The molecular weight excluding hydrogens is 345 g/mol. The minimum absolute atomic E-state index is 0. The number of hydrogen-bond acceptors (Lipinski definition) is 2. The van der Waals surface area contributed by atoms with Crippen LogP contribution in [0.5, 0.6) is 0 Å². The second-order valence-electron chi connectivity index (χ2n) is 5.01. The normalized spacial score (nSPS) is 10.1. The van der Waals surface area contributed by atoms with Crippen molar-refractivity contribution in [3.63, 3.8) is 0 Å². The first-order valence-electron chi connectivity index (χ1n) is 7.47. The molecule has 0 radical (unpaired) electrons. The summed E-state index contributed by atoms with van der Waals surface area (Å²) in [6, 6.07) is 0. The van der Waals surface area contributed by atoms with Gasteiger partial charge in [-0.1, -0.05) is 77.6 Å². The predicted octanol–water partition coefficient (Wildman–Crippen LogP) is 0.832. The number of aliphatic carboxylic acids is 1. The minimum atomic E-state index is -0.905. The summed E-state index contributed by atoms with van der Waals surface area (Å²) in [5.41, 5.74) is 0. The monoisotopic (exact) mass is 374 g/mol. The molecule has 2 nitrogen and oxygen atoms in total. The van der Waals surface area contributed by atoms with Gasteiger partial charge >= 0.3 is 68.9 Å². The Morgan fingerprint density at radius 3 is 1.39 bits per heavy atom. The fraction of sp³-hybridized carbons (Fsp3) is 0.933. The van der Waals surface area contributed by atoms with Crippen molar-refractivity contribution in [2.45, 2.75) is 90.4 Å². The number of carbonyl (C=O) groups is 1. The van der Waals surface area contributed by atoms with Gasteiger partial charge in [0.1, 0.15) is 0 Å². The summed E-state index contributed by atoms with van der Waals surface area (Å²) in [7, 11) is 0. The van der Waals surface area contributed by atoms with E-state index in [4.69, 9.17) is 0 Å². The number of rotatable bonds is 13. The van der Waals surface area contributed by atoms with Gasteiger partial charge in [-0.2, -0.15) is 0 Å². The summed E-state index contributed by atoms with van der Waals surface area (Å²) in [5, 5.41) is 10.2. The number of carboxylic acids is 1. The van der Waals surface area contributed by atoms with E-state index in [-0.39, 0.29) is 75.3 Å². The predicted molar refractivity (Wildman–Crippen MR) is 70.7 cm³/mol. The summed E-state index contributed by atoms with van der Waals surface area (Å²) in [6.45, 7) is 2.25. The maximum atomic E-state index is 10.2. The number of carboxylic acid groups (broad SMARTS) is 1. The van der Waals surface area contributed by atoms with Crippen LogP contribution in [0, 0.1) is 0 Å². The van der Waals surface area contributed by atoms with E-state index in [0.717, 1.165) is 12.8 Å². The molecule has 0 bridgehead atoms. The van der Waals surface area contributed by atoms with E-state index in [0.29, 0.717) is 0 Å². The first kappa shape index (κ1) is 21.8. The van der Waals surface area contributed by atoms with Crippen LogP contribution in [-0.2, 0) is 4.79 Å². The maximum absolute atomic E-state index is 10.2. The van der Waals surface area contributed by atoms with Crippen LogP contribution in [0.4, 0.5) is 0 Å². The topological polar surface area (TPSA) is 40.1 Å². The van der Waals surface area contributed by atoms with Gasteiger partial charge in [-0.15, -0.1) is 0 Å². The Bertz CT molecular complexity index is 172. The molecule has 0 heterocycles. The molecule has 0 aliphatic heterocycles. The quantitative estimate of drug-likeness (QED) is 0.448. The second-order valence-corrected chi connectivity index (χ2v) is 5.01. The third-order valence-electron chi connectivity index (χ3n) is 3.23. The molecule has 0 aliphatic rings. The van der Waals surface area contributed by atoms with Crippen LogP contribution in [0.2, 0.25) is 0 Å². The average Bonchev–Trinajstić information content (AvgIpc) is 2.30. The number of unbranched alkanes of at least 4 members (excludes halogenated alkanes) is 11. The van der Waals surface area contributed by atoms with Crippen molar-refractivity contribution in [1.82, 2.24) is 0 Å². The third kappa shape index (κ3) is 19.9. The molecule has 0 aromatic heterocycles. The molecule has 0 saturated heterocycles. The molecule has 0 N–H and O–H groups in total. The van der Waals surface area contributed by atoms with Crippen molar-refractivity contribution in [2.75, 3.05) is 0 Å². The molecule has 3 heteroatoms. The zero-order chi connectivity index (χ0) is 12.8. The minimum Gasteiger partial charge on any atom is -0.550 e. The Labute approximate surface area is 172 Å². The van der Waals surface area contributed by atoms with E-state index in [1.807, 2.05) is 0 Å². The molecule has 0 unspecified atom stereocenters. The van der Waals surface area contributed by atoms with Gasteiger partial charge < -0.3 is 9.90 Å². The van der Waals surface area contributed by atoms with Gasteiger partial charge in [0.15, 0.2) is 0 Å². The Morgan fingerprint density at radius 2 is 1.06 bits per heavy atom. The Morgan fingerprint density at radius 1 is 0.722 bits per heavy atom. The van der Waals surface area contributed by atoms with E-state index in [1.54, 1.807) is 0 Å². The summed E-state index contributed by atoms with van der Waals surface area (Å²) in [4.78, 5) is 10.2. The molecule has 18 heavy (non-hydrogen) atoms. The molecule has 0 amide bonds. The van der Waals surface area contributed by atoms with Crippen LogP contribution in [0.15, 0.2) is 0 Å². The van der Waals surface area contributed by atoms with Crippen LogP contribution < -0.4 is 74.0 Å². The number of carbonyl (C=O) groups excluding carboxylic acids is 1. The summed E-state index contributed by atoms with van der Waals surface area (Å²) in [5.74, 6) is -0.905. The molecule has 0 aromatic rings. The molecule has 0 atom stereocenters. The zero-order valence-corrected chi connectivity index (χ0v) is 18.8. The third-order valence-corrected chi connectivity index (χ3v) is 3.23. The fourth-order valence-corrected chi connectivity index (χ4v) is 2.11. The van der Waals surface area contributed by atoms with Gasteiger partial charge in [0.05, 0.1) is 0 Å². The largest absolute Gasteiger partial charge is 1.00 e. The molecule has 0 aromatic carbocycles. The Hall–Kier alpha value is 1.52. The van der Waals surface area contributed by atoms with E-state index in [2.05, 4.69) is 6.92 Å². The molecule has 0 aliphatic carbocycles. The van der Waals surface area contributed by atoms with Gasteiger partial charge in [-0.3, -0.25) is 0 Å². The maximum Gasteiger partial charge on any atom is 1.00 e. The van der Waals surface area contributed by atoms with E-state index >= 15 is 0 Å². The van der Waals surface area contributed by atoms with Gasteiger partial charge in [0, 0.05) is 5.97 Å². The van der Waals surface area contributed by atoms with Crippen LogP contribution in [0.25, 0.3) is 0 Å². The van der Waals surface area contributed by atoms with Gasteiger partial charge in [0.2, 0.25) is 0 Å². The SMILES string of the molecule is CCCCCCCCCCCCCCC(=O)[O-].[Cs+]. The number of hydrogen-bond donors (Lipinski definition) is 0. The van der Waals surface area contributed by atoms with E-state index in [9.17, 15) is 9.90 Å². The molecule has 0 spiro atoms. The zero-order valence-electron chi connectivity index (χ0n) is 12.5. The van der Waals surface area contributed by atoms with Crippen LogP contribution in [0.3, 0.4) is 0 Å². The summed E-state index contributed by atoms with van der Waals surface area (Å²) in [6.07, 6.45) is 15.5. The van der Waals surface area contributed by atoms with Crippen LogP contribution in [0.1, 0.15) is 90.4 Å². The first-order chi connectivity index (χ1) is 8.27. The molecule has 0 rings (SSSR count). The Balaban J connectivity index is 0. The first-order valence-corrected chi connectivity index (χ1v) is 7.47. The van der Waals surface area contributed by atoms with E-state index < -0.39 is 5.97 Å². The molecule has 102 valence electrons. The fourth-order valence-electron chi connectivity index (χ4n) is 2.11. The van der Waals surface area contributed by atoms with Gasteiger partial charge in [-0.05, 0) is 12.8 Å². The smallest absolute Gasteiger partial charge is 0.550 e. The van der Waals surface area contributed by atoms with Crippen molar-refractivity contribution >= 4 is 5.97 Å². The molecule has 0 fully saturated rings. The van der Waals surface area contributed by atoms with Gasteiger partial charge in [0.25, 0.3) is 0 Å². The van der Waals surface area contributed by atoms with Crippen molar-refractivity contribution in [3.05, 3.63) is 0 Å². The van der Waals surface area contributed by atoms with Crippen molar-refractivity contribution in [2.24, 2.45) is 0 Å². The summed E-state index contributed by atoms with van der Waals surface area (Å²) < 4.78 is 0. The van der Waals surface area contributed by atoms with E-state index in [1.165, 1.54) is 64.2 Å². The van der Waals surface area contributed by atoms with Crippen molar-refractivity contribution in [3.8, 4) is 0 Å². The van der Waals surface area contributed by atoms with Crippen molar-refractivity contribution in [1.29, 1.82) is 0 Å². The van der Waals surface area contributed by atoms with Crippen LogP contribution in [-0.4, -0.2) is 5.97 Å². The van der Waals surface area contributed by atoms with Crippen LogP contribution >= 0.6 is 0 Å². The standard InChI is InChI=1S/C15H30O2.Cs/c1-2-3-4-5-6-7-8-9-10-11-12-13-14-15(16)17;/h2-14H2,1H3,(H,16,17);/q;+1/p-1. The Kier molecular flexibility index (Phi) is 22.4. The summed E-state index contributed by atoms with van der Waals surface area (Å²) >= 11 is 0. The average molecular weight is 374 g/mol. The second kappa shape index (κ2) is 18.5.